The van der Waals surface area contributed by atoms with Crippen LogP contribution in [0.1, 0.15) is 20.3 Å². The molecule has 7 nitrogen and oxygen atoms in total. The van der Waals surface area contributed by atoms with Gasteiger partial charge in [-0.05, 0) is 25.5 Å². The monoisotopic (exact) mass is 267 g/mol. The predicted molar refractivity (Wildman–Crippen MR) is 71.1 cm³/mol. The number of benzene rings is 1. The van der Waals surface area contributed by atoms with Crippen molar-refractivity contribution in [1.29, 1.82) is 0 Å². The highest BCUT2D eigenvalue weighted by Crippen LogP contribution is 2.28. The summed E-state index contributed by atoms with van der Waals surface area (Å²) in [5.74, 6) is -0.587. The van der Waals surface area contributed by atoms with E-state index in [2.05, 4.69) is 10.6 Å². The zero-order valence-electron chi connectivity index (χ0n) is 10.8. The molecule has 0 saturated heterocycles. The molecule has 0 spiro atoms. The average Bonchev–Trinajstić information content (AvgIpc) is 2.37. The number of nitrogens with one attached hydrogen (secondary N) is 2. The van der Waals surface area contributed by atoms with Gasteiger partial charge in [-0.25, -0.2) is 0 Å². The SMILES string of the molecule is CCC(C)NCC(=O)Nc1ccc(O)cc1[N+](=O)[O-]. The van der Waals surface area contributed by atoms with E-state index < -0.39 is 4.92 Å². The number of nitro groups is 1. The van der Waals surface area contributed by atoms with Gasteiger partial charge in [0, 0.05) is 6.04 Å². The van der Waals surface area contributed by atoms with Gasteiger partial charge in [0.1, 0.15) is 11.4 Å². The maximum absolute atomic E-state index is 11.6. The molecule has 19 heavy (non-hydrogen) atoms. The van der Waals surface area contributed by atoms with Gasteiger partial charge in [0.25, 0.3) is 5.69 Å². The Hall–Kier alpha value is -2.15. The number of nitrogens with zero attached hydrogens (tertiary/aromatic N) is 1. The molecule has 1 unspecified atom stereocenters. The maximum Gasteiger partial charge on any atom is 0.296 e. The van der Waals surface area contributed by atoms with Crippen molar-refractivity contribution in [2.24, 2.45) is 0 Å². The fourth-order valence-electron chi connectivity index (χ4n) is 1.38. The highest BCUT2D eigenvalue weighted by Gasteiger charge is 2.16. The Morgan fingerprint density at radius 3 is 2.79 bits per heavy atom. The summed E-state index contributed by atoms with van der Waals surface area (Å²) < 4.78 is 0. The minimum Gasteiger partial charge on any atom is -0.508 e. The van der Waals surface area contributed by atoms with Gasteiger partial charge in [-0.15, -0.1) is 0 Å². The minimum absolute atomic E-state index is 0.0683. The van der Waals surface area contributed by atoms with Crippen molar-refractivity contribution >= 4 is 17.3 Å². The van der Waals surface area contributed by atoms with Gasteiger partial charge in [-0.2, -0.15) is 0 Å². The van der Waals surface area contributed by atoms with Crippen LogP contribution in [0.3, 0.4) is 0 Å². The third-order valence-electron chi connectivity index (χ3n) is 2.68. The number of anilines is 1. The molecule has 7 heteroatoms. The summed E-state index contributed by atoms with van der Waals surface area (Å²) in [4.78, 5) is 21.8. The van der Waals surface area contributed by atoms with Crippen molar-refractivity contribution in [1.82, 2.24) is 5.32 Å². The number of nitro benzene ring substituents is 1. The number of hydrogen-bond acceptors (Lipinski definition) is 5. The first-order chi connectivity index (χ1) is 8.93. The number of aromatic hydroxyl groups is 1. The molecule has 0 aliphatic rings. The highest BCUT2D eigenvalue weighted by atomic mass is 16.6. The third-order valence-corrected chi connectivity index (χ3v) is 2.68. The highest BCUT2D eigenvalue weighted by molar-refractivity contribution is 5.94. The van der Waals surface area contributed by atoms with E-state index in [-0.39, 0.29) is 35.6 Å². The lowest BCUT2D eigenvalue weighted by atomic mass is 10.2. The van der Waals surface area contributed by atoms with Crippen molar-refractivity contribution in [3.05, 3.63) is 28.3 Å². The summed E-state index contributed by atoms with van der Waals surface area (Å²) in [5.41, 5.74) is -0.268. The van der Waals surface area contributed by atoms with Crippen LogP contribution in [-0.4, -0.2) is 28.5 Å². The number of carbonyl (C=O) groups is 1. The third kappa shape index (κ3) is 4.55. The fraction of sp³-hybridized carbons (Fsp3) is 0.417. The summed E-state index contributed by atoms with van der Waals surface area (Å²) in [6.07, 6.45) is 0.882. The number of phenols is 1. The van der Waals surface area contributed by atoms with Gasteiger partial charge in [-0.1, -0.05) is 6.92 Å². The molecule has 104 valence electrons. The summed E-state index contributed by atoms with van der Waals surface area (Å²) in [6.45, 7) is 4.00. The Labute approximate surface area is 110 Å². The average molecular weight is 267 g/mol. The van der Waals surface area contributed by atoms with E-state index in [4.69, 9.17) is 0 Å². The van der Waals surface area contributed by atoms with Crippen LogP contribution < -0.4 is 10.6 Å². The lowest BCUT2D eigenvalue weighted by Gasteiger charge is -2.11. The number of rotatable bonds is 6. The number of hydrogen-bond donors (Lipinski definition) is 3. The molecular weight excluding hydrogens is 250 g/mol. The molecule has 3 N–H and O–H groups in total. The molecule has 0 bridgehead atoms. The second-order valence-corrected chi connectivity index (χ2v) is 4.20. The Morgan fingerprint density at radius 2 is 2.21 bits per heavy atom. The van der Waals surface area contributed by atoms with Gasteiger partial charge in [0.2, 0.25) is 5.91 Å². The second kappa shape index (κ2) is 6.69. The first-order valence-electron chi connectivity index (χ1n) is 5.94. The molecule has 0 aliphatic heterocycles. The van der Waals surface area contributed by atoms with Crippen molar-refractivity contribution in [2.75, 3.05) is 11.9 Å². The first-order valence-corrected chi connectivity index (χ1v) is 5.94. The number of phenolic OH excluding ortho intramolecular Hbond substituents is 1. The van der Waals surface area contributed by atoms with Gasteiger partial charge >= 0.3 is 0 Å². The fourth-order valence-corrected chi connectivity index (χ4v) is 1.38. The van der Waals surface area contributed by atoms with Crippen LogP contribution >= 0.6 is 0 Å². The lowest BCUT2D eigenvalue weighted by molar-refractivity contribution is -0.384. The van der Waals surface area contributed by atoms with Gasteiger partial charge in [0.15, 0.2) is 0 Å². The van der Waals surface area contributed by atoms with Crippen molar-refractivity contribution < 1.29 is 14.8 Å². The van der Waals surface area contributed by atoms with E-state index in [1.165, 1.54) is 12.1 Å². The van der Waals surface area contributed by atoms with Crippen molar-refractivity contribution in [2.45, 2.75) is 26.3 Å². The molecule has 1 aromatic rings. The molecule has 0 fully saturated rings. The van der Waals surface area contributed by atoms with Crippen LogP contribution in [-0.2, 0) is 4.79 Å². The molecule has 1 rings (SSSR count). The van der Waals surface area contributed by atoms with Crippen LogP contribution in [0.15, 0.2) is 18.2 Å². The molecule has 1 amide bonds. The molecule has 1 atom stereocenters. The molecule has 0 radical (unpaired) electrons. The van der Waals surface area contributed by atoms with Crippen LogP contribution in [0.2, 0.25) is 0 Å². The standard InChI is InChI=1S/C12H17N3O4/c1-3-8(2)13-7-12(17)14-10-5-4-9(16)6-11(10)15(18)19/h4-6,8,13,16H,3,7H2,1-2H3,(H,14,17). The second-order valence-electron chi connectivity index (χ2n) is 4.20. The van der Waals surface area contributed by atoms with E-state index in [1.54, 1.807) is 0 Å². The number of carbonyl (C=O) groups excluding carboxylic acids is 1. The van der Waals surface area contributed by atoms with E-state index >= 15 is 0 Å². The Balaban J connectivity index is 2.71. The summed E-state index contributed by atoms with van der Waals surface area (Å²) >= 11 is 0. The normalized spacial score (nSPS) is 11.9. The van der Waals surface area contributed by atoms with Crippen LogP contribution in [0.5, 0.6) is 5.75 Å². The topological polar surface area (TPSA) is 104 Å². The Bertz CT molecular complexity index is 476. The van der Waals surface area contributed by atoms with Crippen LogP contribution in [0.4, 0.5) is 11.4 Å². The van der Waals surface area contributed by atoms with Gasteiger partial charge in [0.05, 0.1) is 17.5 Å². The van der Waals surface area contributed by atoms with Crippen LogP contribution in [0.25, 0.3) is 0 Å². The Kier molecular flexibility index (Phi) is 5.25. The molecule has 0 aliphatic carbocycles. The van der Waals surface area contributed by atoms with E-state index in [0.717, 1.165) is 12.5 Å². The van der Waals surface area contributed by atoms with Crippen molar-refractivity contribution in [3.63, 3.8) is 0 Å². The Morgan fingerprint density at radius 1 is 1.53 bits per heavy atom. The largest absolute Gasteiger partial charge is 0.508 e. The van der Waals surface area contributed by atoms with E-state index in [1.807, 2.05) is 13.8 Å². The van der Waals surface area contributed by atoms with Gasteiger partial charge in [-0.3, -0.25) is 14.9 Å². The van der Waals surface area contributed by atoms with E-state index in [9.17, 15) is 20.0 Å². The van der Waals surface area contributed by atoms with Crippen molar-refractivity contribution in [3.8, 4) is 5.75 Å². The first kappa shape index (κ1) is 14.9. The van der Waals surface area contributed by atoms with E-state index in [0.29, 0.717) is 0 Å². The summed E-state index contributed by atoms with van der Waals surface area (Å²) in [7, 11) is 0. The quantitative estimate of drug-likeness (QED) is 0.413. The molecular formula is C12H17N3O4. The molecule has 0 aromatic heterocycles. The minimum atomic E-state index is -0.655. The lowest BCUT2D eigenvalue weighted by Crippen LogP contribution is -2.34. The smallest absolute Gasteiger partial charge is 0.296 e. The zero-order chi connectivity index (χ0) is 14.4. The molecule has 0 heterocycles. The number of amides is 1. The van der Waals surface area contributed by atoms with Crippen LogP contribution in [0, 0.1) is 10.1 Å². The van der Waals surface area contributed by atoms with Gasteiger partial charge < -0.3 is 15.7 Å². The predicted octanol–water partition coefficient (Wildman–Crippen LogP) is 1.63. The summed E-state index contributed by atoms with van der Waals surface area (Å²) in [5, 5.41) is 25.4. The molecule has 1 aromatic carbocycles. The summed E-state index contributed by atoms with van der Waals surface area (Å²) in [6, 6.07) is 3.78. The zero-order valence-corrected chi connectivity index (χ0v) is 10.8. The molecule has 0 saturated carbocycles. The maximum atomic E-state index is 11.6.